The van der Waals surface area contributed by atoms with Gasteiger partial charge < -0.3 is 10.0 Å². The lowest BCUT2D eigenvalue weighted by Gasteiger charge is -2.19. The molecule has 2 heterocycles. The molecule has 0 radical (unpaired) electrons. The topological polar surface area (TPSA) is 148 Å². The summed E-state index contributed by atoms with van der Waals surface area (Å²) in [5.74, 6) is -0.370. The van der Waals surface area contributed by atoms with Crippen LogP contribution in [0.2, 0.25) is 0 Å². The Balaban J connectivity index is 0.000000167. The summed E-state index contributed by atoms with van der Waals surface area (Å²) in [5.41, 5.74) is 8.24. The van der Waals surface area contributed by atoms with Gasteiger partial charge in [-0.2, -0.15) is 10.5 Å². The van der Waals surface area contributed by atoms with Gasteiger partial charge in [-0.25, -0.2) is 0 Å². The van der Waals surface area contributed by atoms with Gasteiger partial charge in [0.05, 0.1) is 5.03 Å². The van der Waals surface area contributed by atoms with Crippen LogP contribution >= 0.6 is 11.6 Å². The Morgan fingerprint density at radius 1 is 0.739 bits per heavy atom. The second-order valence-corrected chi connectivity index (χ2v) is 10.8. The van der Waals surface area contributed by atoms with Crippen molar-refractivity contribution in [3.05, 3.63) is 136 Å². The minimum absolute atomic E-state index is 0.0466. The molecule has 4 aromatic rings. The van der Waals surface area contributed by atoms with Crippen molar-refractivity contribution in [2.24, 2.45) is 0 Å². The van der Waals surface area contributed by atoms with E-state index in [0.29, 0.717) is 5.46 Å². The molecule has 10 heteroatoms. The summed E-state index contributed by atoms with van der Waals surface area (Å²) in [5, 5.41) is 35.8. The number of Topliss-reactive ketones (excluding diaryl/α,β-unsaturated/α-hetero) is 2. The van der Waals surface area contributed by atoms with Crippen molar-refractivity contribution in [2.45, 2.75) is 39.5 Å². The van der Waals surface area contributed by atoms with Crippen molar-refractivity contribution in [3.63, 3.8) is 0 Å². The minimum Gasteiger partial charge on any atom is -0.423 e. The van der Waals surface area contributed by atoms with Crippen molar-refractivity contribution in [2.75, 3.05) is 0 Å². The normalized spacial score (nSPS) is 13.2. The van der Waals surface area contributed by atoms with E-state index < -0.39 is 7.12 Å². The van der Waals surface area contributed by atoms with E-state index in [1.54, 1.807) is 43.0 Å². The first-order valence-electron chi connectivity index (χ1n) is 14.6. The van der Waals surface area contributed by atoms with Crippen molar-refractivity contribution < 1.29 is 19.6 Å². The van der Waals surface area contributed by atoms with E-state index in [-0.39, 0.29) is 40.6 Å². The number of fused-ring (bicyclic) bond motifs is 2. The van der Waals surface area contributed by atoms with Gasteiger partial charge in [0, 0.05) is 48.8 Å². The zero-order chi connectivity index (χ0) is 33.2. The van der Waals surface area contributed by atoms with Gasteiger partial charge in [-0.15, -0.1) is 0 Å². The maximum absolute atomic E-state index is 12.2. The third-order valence-corrected chi connectivity index (χ3v) is 8.00. The van der Waals surface area contributed by atoms with E-state index in [9.17, 15) is 14.9 Å². The van der Waals surface area contributed by atoms with Gasteiger partial charge in [0.25, 0.3) is 0 Å². The van der Waals surface area contributed by atoms with Gasteiger partial charge >= 0.3 is 7.12 Å². The van der Waals surface area contributed by atoms with E-state index in [1.807, 2.05) is 48.5 Å². The van der Waals surface area contributed by atoms with Gasteiger partial charge in [0.15, 0.2) is 11.6 Å². The maximum atomic E-state index is 12.2. The number of aromatic nitrogens is 2. The van der Waals surface area contributed by atoms with Gasteiger partial charge in [-0.3, -0.25) is 19.6 Å². The third kappa shape index (κ3) is 7.72. The molecule has 0 saturated carbocycles. The number of halogens is 1. The second-order valence-electron chi connectivity index (χ2n) is 10.4. The quantitative estimate of drug-likeness (QED) is 0.309. The number of nitriles is 2. The number of allylic oxidation sites excluding steroid dienone is 2. The number of ketones is 2. The number of carbonyl (C=O) groups excluding carboxylic acids is 2. The Bertz CT molecular complexity index is 1900. The molecule has 0 saturated heterocycles. The van der Waals surface area contributed by atoms with Crippen LogP contribution < -0.4 is 5.46 Å². The molecule has 2 aliphatic carbocycles. The number of hydrogen-bond acceptors (Lipinski definition) is 8. The summed E-state index contributed by atoms with van der Waals surface area (Å²) in [6.07, 6.45) is 9.00. The van der Waals surface area contributed by atoms with Crippen molar-refractivity contribution >= 4 is 46.4 Å². The predicted octanol–water partition coefficient (Wildman–Crippen LogP) is 4.70. The molecule has 2 aliphatic rings. The fourth-order valence-corrected chi connectivity index (χ4v) is 5.34. The van der Waals surface area contributed by atoms with Gasteiger partial charge in [-0.05, 0) is 63.8 Å². The SMILES string of the molecule is CCc1ccc(B(O)O)cc1.CCc1ccc(C2=C(C#N)C(=O)Cc3cnccc32)cc1.N#CC1=C(Cl)c2ccncc2CC1=O. The monoisotopic (exact) mass is 628 g/mol. The number of carbonyl (C=O) groups is 2. The van der Waals surface area contributed by atoms with Crippen LogP contribution in [0.3, 0.4) is 0 Å². The van der Waals surface area contributed by atoms with Crippen LogP contribution in [0.1, 0.15) is 52.8 Å². The van der Waals surface area contributed by atoms with Crippen LogP contribution in [0.4, 0.5) is 0 Å². The highest BCUT2D eigenvalue weighted by atomic mass is 35.5. The predicted molar refractivity (Wildman–Crippen MR) is 177 cm³/mol. The first-order chi connectivity index (χ1) is 22.2. The van der Waals surface area contributed by atoms with Gasteiger partial charge in [0.1, 0.15) is 23.3 Å². The molecular weight excluding hydrogens is 599 g/mol. The maximum Gasteiger partial charge on any atom is 0.488 e. The van der Waals surface area contributed by atoms with E-state index in [0.717, 1.165) is 46.2 Å². The summed E-state index contributed by atoms with van der Waals surface area (Å²) in [7, 11) is -1.35. The summed E-state index contributed by atoms with van der Waals surface area (Å²) in [6.45, 7) is 4.16. The number of aryl methyl sites for hydroxylation is 2. The molecule has 0 amide bonds. The molecule has 2 aromatic carbocycles. The first kappa shape index (κ1) is 33.7. The molecule has 0 unspecified atom stereocenters. The minimum atomic E-state index is -1.35. The van der Waals surface area contributed by atoms with Crippen LogP contribution in [0, 0.1) is 22.7 Å². The Hall–Kier alpha value is -5.19. The van der Waals surface area contributed by atoms with Crippen molar-refractivity contribution in [1.29, 1.82) is 10.5 Å². The van der Waals surface area contributed by atoms with Crippen molar-refractivity contribution in [1.82, 2.24) is 9.97 Å². The Labute approximate surface area is 273 Å². The van der Waals surface area contributed by atoms with Crippen molar-refractivity contribution in [3.8, 4) is 12.1 Å². The molecule has 0 aliphatic heterocycles. The summed E-state index contributed by atoms with van der Waals surface area (Å²) < 4.78 is 0. The van der Waals surface area contributed by atoms with E-state index in [4.69, 9.17) is 26.9 Å². The molecule has 0 spiro atoms. The molecule has 2 N–H and O–H groups in total. The third-order valence-electron chi connectivity index (χ3n) is 7.60. The lowest BCUT2D eigenvalue weighted by Crippen LogP contribution is -2.29. The van der Waals surface area contributed by atoms with E-state index >= 15 is 0 Å². The largest absolute Gasteiger partial charge is 0.488 e. The number of rotatable bonds is 4. The molecule has 0 fully saturated rings. The fourth-order valence-electron chi connectivity index (χ4n) is 5.01. The first-order valence-corrected chi connectivity index (χ1v) is 15.0. The van der Waals surface area contributed by atoms with Gasteiger partial charge in [-0.1, -0.05) is 74.0 Å². The molecule has 46 heavy (non-hydrogen) atoms. The van der Waals surface area contributed by atoms with Crippen LogP contribution in [-0.2, 0) is 35.3 Å². The number of nitrogens with zero attached hydrogens (tertiary/aromatic N) is 4. The zero-order valence-electron chi connectivity index (χ0n) is 25.4. The second kappa shape index (κ2) is 15.7. The molecule has 0 bridgehead atoms. The molecule has 0 atom stereocenters. The Morgan fingerprint density at radius 3 is 1.72 bits per heavy atom. The zero-order valence-corrected chi connectivity index (χ0v) is 26.1. The standard InChI is InChI=1S/C18H14N2O.C10H5ClN2O.C8H11BO2/c1-2-12-3-5-13(6-4-12)18-15-7-8-20-11-14(15)9-17(21)16(18)10-19;11-10-7-1-2-13-5-6(7)3-9(14)8(10)4-12;1-2-7-3-5-8(6-4-7)9(10)11/h3-8,11H,2,9H2,1H3;1-2,5H,3H2;3-6,10-11H,2H2,1H3. The fraction of sp³-hybridized carbons (Fsp3) is 0.167. The average Bonchev–Trinajstić information content (AvgIpc) is 3.08. The highest BCUT2D eigenvalue weighted by Crippen LogP contribution is 2.34. The summed E-state index contributed by atoms with van der Waals surface area (Å²) >= 11 is 5.92. The summed E-state index contributed by atoms with van der Waals surface area (Å²) in [6, 6.07) is 22.8. The Morgan fingerprint density at radius 2 is 1.22 bits per heavy atom. The number of benzene rings is 2. The number of hydrogen-bond donors (Lipinski definition) is 2. The molecule has 8 nitrogen and oxygen atoms in total. The molecule has 6 rings (SSSR count). The molecular formula is C36H30BClN4O4. The molecule has 2 aromatic heterocycles. The average molecular weight is 629 g/mol. The van der Waals surface area contributed by atoms with Crippen LogP contribution in [0.5, 0.6) is 0 Å². The van der Waals surface area contributed by atoms with E-state index in [1.165, 1.54) is 11.1 Å². The molecule has 228 valence electrons. The summed E-state index contributed by atoms with van der Waals surface area (Å²) in [4.78, 5) is 31.6. The Kier molecular flexibility index (Phi) is 11.5. The lowest BCUT2D eigenvalue weighted by atomic mass is 9.80. The van der Waals surface area contributed by atoms with Crippen LogP contribution in [0.25, 0.3) is 10.6 Å². The van der Waals surface area contributed by atoms with Crippen LogP contribution in [0.15, 0.2) is 96.6 Å². The van der Waals surface area contributed by atoms with Crippen LogP contribution in [-0.4, -0.2) is 38.7 Å². The highest BCUT2D eigenvalue weighted by molar-refractivity contribution is 6.58. The van der Waals surface area contributed by atoms with E-state index in [2.05, 4.69) is 29.9 Å². The van der Waals surface area contributed by atoms with Gasteiger partial charge in [0.2, 0.25) is 0 Å². The smallest absolute Gasteiger partial charge is 0.423 e. The number of pyridine rings is 2. The lowest BCUT2D eigenvalue weighted by molar-refractivity contribution is -0.115. The highest BCUT2D eigenvalue weighted by Gasteiger charge is 2.26.